The second kappa shape index (κ2) is 6.22. The van der Waals surface area contributed by atoms with Crippen molar-refractivity contribution < 1.29 is 14.6 Å². The summed E-state index contributed by atoms with van der Waals surface area (Å²) in [5.41, 5.74) is 0.885. The van der Waals surface area contributed by atoms with Gasteiger partial charge < -0.3 is 9.84 Å². The summed E-state index contributed by atoms with van der Waals surface area (Å²) in [6, 6.07) is 9.46. The molecule has 0 bridgehead atoms. The smallest absolute Gasteiger partial charge is 0.338 e. The van der Waals surface area contributed by atoms with Gasteiger partial charge in [0, 0.05) is 10.6 Å². The van der Waals surface area contributed by atoms with E-state index >= 15 is 0 Å². The Labute approximate surface area is 125 Å². The first kappa shape index (κ1) is 14.8. The number of benzene rings is 1. The highest BCUT2D eigenvalue weighted by molar-refractivity contribution is 6.31. The molecule has 1 aromatic heterocycles. The van der Waals surface area contributed by atoms with Gasteiger partial charge in [0.05, 0.1) is 18.4 Å². The highest BCUT2D eigenvalue weighted by Crippen LogP contribution is 2.27. The fraction of sp³-hybridized carbons (Fsp3) is 0.143. The molecule has 2 aromatic rings. The standard InChI is InChI=1S/C14H11Cl2NO3/c1-20-14(19)10-7-8(15)5-6-9(10)13(18)11-3-2-4-12(16)17-11/h2-7,13,18H,1H3. The van der Waals surface area contributed by atoms with Crippen LogP contribution in [0, 0.1) is 0 Å². The van der Waals surface area contributed by atoms with Gasteiger partial charge in [-0.15, -0.1) is 0 Å². The number of nitrogens with zero attached hydrogens (tertiary/aromatic N) is 1. The van der Waals surface area contributed by atoms with E-state index < -0.39 is 12.1 Å². The van der Waals surface area contributed by atoms with E-state index in [1.807, 2.05) is 0 Å². The number of hydrogen-bond acceptors (Lipinski definition) is 4. The number of esters is 1. The fourth-order valence-corrected chi connectivity index (χ4v) is 2.13. The number of aromatic nitrogens is 1. The van der Waals surface area contributed by atoms with Crippen molar-refractivity contribution >= 4 is 29.2 Å². The minimum atomic E-state index is -1.10. The van der Waals surface area contributed by atoms with Gasteiger partial charge in [-0.3, -0.25) is 0 Å². The van der Waals surface area contributed by atoms with Crippen molar-refractivity contribution in [2.75, 3.05) is 7.11 Å². The molecule has 4 nitrogen and oxygen atoms in total. The summed E-state index contributed by atoms with van der Waals surface area (Å²) < 4.78 is 4.69. The van der Waals surface area contributed by atoms with E-state index in [0.29, 0.717) is 16.3 Å². The third-order valence-corrected chi connectivity index (χ3v) is 3.18. The molecule has 0 saturated carbocycles. The molecular weight excluding hydrogens is 301 g/mol. The molecular formula is C14H11Cl2NO3. The normalized spacial score (nSPS) is 12.0. The van der Waals surface area contributed by atoms with Crippen LogP contribution in [0.1, 0.15) is 27.7 Å². The molecule has 0 spiro atoms. The molecule has 1 heterocycles. The lowest BCUT2D eigenvalue weighted by Crippen LogP contribution is -2.11. The maximum atomic E-state index is 11.8. The molecule has 1 atom stereocenters. The Morgan fingerprint density at radius 1 is 1.30 bits per heavy atom. The molecule has 0 amide bonds. The monoisotopic (exact) mass is 311 g/mol. The molecule has 0 radical (unpaired) electrons. The summed E-state index contributed by atoms with van der Waals surface area (Å²) in [6.45, 7) is 0. The second-order valence-electron chi connectivity index (χ2n) is 4.01. The molecule has 2 rings (SSSR count). The van der Waals surface area contributed by atoms with Crippen LogP contribution in [0.3, 0.4) is 0 Å². The first-order chi connectivity index (χ1) is 9.52. The molecule has 1 unspecified atom stereocenters. The quantitative estimate of drug-likeness (QED) is 0.698. The predicted molar refractivity (Wildman–Crippen MR) is 76.1 cm³/mol. The summed E-state index contributed by atoms with van der Waals surface area (Å²) in [5.74, 6) is -0.580. The number of aliphatic hydroxyl groups is 1. The number of aliphatic hydroxyl groups excluding tert-OH is 1. The molecule has 0 aliphatic heterocycles. The van der Waals surface area contributed by atoms with Crippen LogP contribution in [0.15, 0.2) is 36.4 Å². The van der Waals surface area contributed by atoms with Crippen molar-refractivity contribution in [2.45, 2.75) is 6.10 Å². The molecule has 0 aliphatic rings. The molecule has 0 saturated heterocycles. The zero-order valence-electron chi connectivity index (χ0n) is 10.5. The Balaban J connectivity index is 2.49. The summed E-state index contributed by atoms with van der Waals surface area (Å²) >= 11 is 11.7. The Bertz CT molecular complexity index is 646. The van der Waals surface area contributed by atoms with Crippen molar-refractivity contribution in [3.63, 3.8) is 0 Å². The zero-order chi connectivity index (χ0) is 14.7. The van der Waals surface area contributed by atoms with Crippen molar-refractivity contribution in [3.05, 3.63) is 63.4 Å². The van der Waals surface area contributed by atoms with Crippen molar-refractivity contribution in [3.8, 4) is 0 Å². The molecule has 1 aromatic carbocycles. The number of carbonyl (C=O) groups is 1. The van der Waals surface area contributed by atoms with Gasteiger partial charge in [-0.05, 0) is 24.3 Å². The Hall–Kier alpha value is -1.62. The van der Waals surface area contributed by atoms with E-state index in [0.717, 1.165) is 0 Å². The van der Waals surface area contributed by atoms with Gasteiger partial charge in [-0.25, -0.2) is 9.78 Å². The second-order valence-corrected chi connectivity index (χ2v) is 4.83. The molecule has 20 heavy (non-hydrogen) atoms. The first-order valence-electron chi connectivity index (χ1n) is 5.71. The van der Waals surface area contributed by atoms with Gasteiger partial charge in [0.25, 0.3) is 0 Å². The lowest BCUT2D eigenvalue weighted by Gasteiger charge is -2.14. The summed E-state index contributed by atoms with van der Waals surface area (Å²) in [5, 5.41) is 11.0. The topological polar surface area (TPSA) is 59.4 Å². The minimum absolute atomic E-state index is 0.189. The zero-order valence-corrected chi connectivity index (χ0v) is 12.0. The maximum absolute atomic E-state index is 11.8. The van der Waals surface area contributed by atoms with Gasteiger partial charge in [-0.2, -0.15) is 0 Å². The van der Waals surface area contributed by atoms with Gasteiger partial charge in [0.2, 0.25) is 0 Å². The van der Waals surface area contributed by atoms with Crippen LogP contribution in [-0.4, -0.2) is 23.2 Å². The molecule has 0 aliphatic carbocycles. The van der Waals surface area contributed by atoms with Gasteiger partial charge in [0.1, 0.15) is 11.3 Å². The summed E-state index contributed by atoms with van der Waals surface area (Å²) in [7, 11) is 1.26. The number of rotatable bonds is 3. The van der Waals surface area contributed by atoms with Crippen LogP contribution >= 0.6 is 23.2 Å². The number of hydrogen-bond donors (Lipinski definition) is 1. The number of pyridine rings is 1. The SMILES string of the molecule is COC(=O)c1cc(Cl)ccc1C(O)c1cccc(Cl)n1. The van der Waals surface area contributed by atoms with Crippen molar-refractivity contribution in [2.24, 2.45) is 0 Å². The highest BCUT2D eigenvalue weighted by Gasteiger charge is 2.21. The average molecular weight is 312 g/mol. The van der Waals surface area contributed by atoms with E-state index in [-0.39, 0.29) is 10.7 Å². The summed E-state index contributed by atoms with van der Waals surface area (Å²) in [6.07, 6.45) is -1.10. The average Bonchev–Trinajstić information content (AvgIpc) is 2.45. The van der Waals surface area contributed by atoms with Gasteiger partial charge in [0.15, 0.2) is 0 Å². The molecule has 1 N–H and O–H groups in total. The summed E-state index contributed by atoms with van der Waals surface area (Å²) in [4.78, 5) is 15.8. The van der Waals surface area contributed by atoms with Crippen LogP contribution in [-0.2, 0) is 4.74 Å². The molecule has 0 fully saturated rings. The van der Waals surface area contributed by atoms with E-state index in [2.05, 4.69) is 9.72 Å². The number of ether oxygens (including phenoxy) is 1. The van der Waals surface area contributed by atoms with E-state index in [1.54, 1.807) is 30.3 Å². The van der Waals surface area contributed by atoms with E-state index in [9.17, 15) is 9.90 Å². The van der Waals surface area contributed by atoms with E-state index in [1.165, 1.54) is 13.2 Å². The number of carbonyl (C=O) groups excluding carboxylic acids is 1. The van der Waals surface area contributed by atoms with Crippen LogP contribution in [0.4, 0.5) is 0 Å². The predicted octanol–water partition coefficient (Wildman–Crippen LogP) is 3.26. The molecule has 104 valence electrons. The van der Waals surface area contributed by atoms with Crippen LogP contribution in [0.2, 0.25) is 10.2 Å². The van der Waals surface area contributed by atoms with Crippen LogP contribution in [0.5, 0.6) is 0 Å². The Kier molecular flexibility index (Phi) is 4.60. The Morgan fingerprint density at radius 3 is 2.70 bits per heavy atom. The lowest BCUT2D eigenvalue weighted by molar-refractivity contribution is 0.0595. The van der Waals surface area contributed by atoms with Gasteiger partial charge >= 0.3 is 5.97 Å². The lowest BCUT2D eigenvalue weighted by atomic mass is 10.00. The maximum Gasteiger partial charge on any atom is 0.338 e. The third-order valence-electron chi connectivity index (χ3n) is 2.73. The van der Waals surface area contributed by atoms with Crippen LogP contribution < -0.4 is 0 Å². The van der Waals surface area contributed by atoms with Crippen molar-refractivity contribution in [1.29, 1.82) is 0 Å². The highest BCUT2D eigenvalue weighted by atomic mass is 35.5. The van der Waals surface area contributed by atoms with E-state index in [4.69, 9.17) is 23.2 Å². The number of halogens is 2. The number of methoxy groups -OCH3 is 1. The van der Waals surface area contributed by atoms with Crippen molar-refractivity contribution in [1.82, 2.24) is 4.98 Å². The fourth-order valence-electron chi connectivity index (χ4n) is 1.79. The molecule has 6 heteroatoms. The van der Waals surface area contributed by atoms with Crippen LogP contribution in [0.25, 0.3) is 0 Å². The minimum Gasteiger partial charge on any atom is -0.465 e. The largest absolute Gasteiger partial charge is 0.465 e. The third kappa shape index (κ3) is 3.10. The Morgan fingerprint density at radius 2 is 2.05 bits per heavy atom. The first-order valence-corrected chi connectivity index (χ1v) is 6.47. The van der Waals surface area contributed by atoms with Gasteiger partial charge in [-0.1, -0.05) is 35.3 Å².